The Hall–Kier alpha value is -3.79. The zero-order valence-corrected chi connectivity index (χ0v) is 18.6. The molecule has 3 heterocycles. The second kappa shape index (κ2) is 9.10. The summed E-state index contributed by atoms with van der Waals surface area (Å²) >= 11 is 0. The van der Waals surface area contributed by atoms with Crippen molar-refractivity contribution in [3.05, 3.63) is 87.9 Å². The van der Waals surface area contributed by atoms with E-state index in [1.807, 2.05) is 0 Å². The van der Waals surface area contributed by atoms with Crippen LogP contribution in [0.2, 0.25) is 0 Å². The monoisotopic (exact) mass is 481 g/mol. The molecule has 0 atom stereocenters. The van der Waals surface area contributed by atoms with Crippen LogP contribution in [0.15, 0.2) is 59.5 Å². The molecule has 1 aliphatic carbocycles. The van der Waals surface area contributed by atoms with Crippen molar-refractivity contribution in [2.24, 2.45) is 5.92 Å². The molecular formula is C25H22F3N5O2. The minimum absolute atomic E-state index is 0.0170. The van der Waals surface area contributed by atoms with Gasteiger partial charge in [-0.25, -0.2) is 18.7 Å². The summed E-state index contributed by atoms with van der Waals surface area (Å²) in [6, 6.07) is 13.1. The van der Waals surface area contributed by atoms with Gasteiger partial charge in [0.25, 0.3) is 11.5 Å². The highest BCUT2D eigenvalue weighted by Gasteiger charge is 2.44. The number of fused-ring (bicyclic) bond motifs is 2. The number of amides is 1. The fourth-order valence-corrected chi connectivity index (χ4v) is 4.26. The van der Waals surface area contributed by atoms with Gasteiger partial charge in [-0.1, -0.05) is 12.1 Å². The first kappa shape index (κ1) is 23.0. The summed E-state index contributed by atoms with van der Waals surface area (Å²) in [5, 5.41) is 6.47. The molecule has 0 radical (unpaired) electrons. The van der Waals surface area contributed by atoms with E-state index in [0.29, 0.717) is 28.7 Å². The topological polar surface area (TPSA) is 88.4 Å². The quantitative estimate of drug-likeness (QED) is 0.395. The highest BCUT2D eigenvalue weighted by molar-refractivity contribution is 5.92. The van der Waals surface area contributed by atoms with Crippen molar-refractivity contribution in [2.45, 2.75) is 31.9 Å². The Morgan fingerprint density at radius 2 is 1.91 bits per heavy atom. The van der Waals surface area contributed by atoms with Crippen molar-refractivity contribution >= 4 is 22.5 Å². The molecule has 0 aliphatic heterocycles. The van der Waals surface area contributed by atoms with Gasteiger partial charge in [0, 0.05) is 49.1 Å². The van der Waals surface area contributed by atoms with Gasteiger partial charge in [0.1, 0.15) is 11.3 Å². The average Bonchev–Trinajstić information content (AvgIpc) is 2.81. The van der Waals surface area contributed by atoms with E-state index in [1.54, 1.807) is 48.7 Å². The van der Waals surface area contributed by atoms with Gasteiger partial charge in [-0.15, -0.1) is 0 Å². The Kier molecular flexibility index (Phi) is 5.98. The first-order valence-electron chi connectivity index (χ1n) is 11.2. The fraction of sp³-hybridized carbons (Fsp3) is 0.280. The van der Waals surface area contributed by atoms with E-state index in [1.165, 1.54) is 10.5 Å². The lowest BCUT2D eigenvalue weighted by molar-refractivity contribution is -0.109. The summed E-state index contributed by atoms with van der Waals surface area (Å²) in [6.07, 6.45) is 1.29. The van der Waals surface area contributed by atoms with Gasteiger partial charge in [0.05, 0.1) is 5.52 Å². The summed E-state index contributed by atoms with van der Waals surface area (Å²) in [5.41, 5.74) is 1.59. The molecule has 1 aliphatic rings. The van der Waals surface area contributed by atoms with Crippen LogP contribution < -0.4 is 16.2 Å². The lowest BCUT2D eigenvalue weighted by Gasteiger charge is -2.35. The molecule has 0 unspecified atom stereocenters. The number of pyridine rings is 2. The highest BCUT2D eigenvalue weighted by atomic mass is 19.3. The van der Waals surface area contributed by atoms with Crippen LogP contribution in [0, 0.1) is 11.9 Å². The summed E-state index contributed by atoms with van der Waals surface area (Å²) in [4.78, 5) is 33.0. The van der Waals surface area contributed by atoms with E-state index in [0.717, 1.165) is 5.56 Å². The van der Waals surface area contributed by atoms with Crippen molar-refractivity contribution < 1.29 is 18.0 Å². The second-order valence-electron chi connectivity index (χ2n) is 8.82. The van der Waals surface area contributed by atoms with Gasteiger partial charge in [-0.05, 0) is 48.4 Å². The highest BCUT2D eigenvalue weighted by Crippen LogP contribution is 2.41. The van der Waals surface area contributed by atoms with Crippen LogP contribution in [0.5, 0.6) is 0 Å². The Morgan fingerprint density at radius 1 is 1.09 bits per heavy atom. The SMILES string of the molecule is O=C(NCc1ccc2nc(F)c(CNCC3CC(F)(F)C3)cc2c1)c1cc(=O)n2ccccc2n1. The van der Waals surface area contributed by atoms with Crippen molar-refractivity contribution in [1.29, 1.82) is 0 Å². The summed E-state index contributed by atoms with van der Waals surface area (Å²) in [5.74, 6) is -3.78. The molecule has 2 N–H and O–H groups in total. The molecular weight excluding hydrogens is 459 g/mol. The van der Waals surface area contributed by atoms with E-state index >= 15 is 0 Å². The first-order valence-corrected chi connectivity index (χ1v) is 11.2. The molecule has 0 spiro atoms. The Bertz CT molecular complexity index is 1480. The summed E-state index contributed by atoms with van der Waals surface area (Å²) in [7, 11) is 0. The average molecular weight is 481 g/mol. The lowest BCUT2D eigenvalue weighted by Crippen LogP contribution is -2.40. The predicted octanol–water partition coefficient (Wildman–Crippen LogP) is 3.45. The number of halogens is 3. The minimum Gasteiger partial charge on any atom is -0.347 e. The molecule has 180 valence electrons. The van der Waals surface area contributed by atoms with Gasteiger partial charge in [0.15, 0.2) is 0 Å². The number of carbonyl (C=O) groups excluding carboxylic acids is 1. The standard InChI is InChI=1S/C25H22F3N5O2/c26-23-18(14-29-12-16-10-25(27,28)11-16)8-17-7-15(4-5-19(17)32-23)13-30-24(35)20-9-22(34)33-6-2-1-3-21(33)31-20/h1-9,16,29H,10-14H2,(H,30,35). The molecule has 0 bridgehead atoms. The van der Waals surface area contributed by atoms with Crippen LogP contribution in [0.3, 0.4) is 0 Å². The Morgan fingerprint density at radius 3 is 2.71 bits per heavy atom. The number of hydrogen-bond donors (Lipinski definition) is 2. The minimum atomic E-state index is -2.57. The summed E-state index contributed by atoms with van der Waals surface area (Å²) in [6.45, 7) is 0.748. The number of nitrogens with one attached hydrogen (secondary N) is 2. The molecule has 3 aromatic heterocycles. The Balaban J connectivity index is 1.25. The molecule has 1 aromatic carbocycles. The smallest absolute Gasteiger partial charge is 0.270 e. The maximum absolute atomic E-state index is 14.4. The van der Waals surface area contributed by atoms with Gasteiger partial charge < -0.3 is 10.6 Å². The molecule has 4 aromatic rings. The van der Waals surface area contributed by atoms with Crippen LogP contribution in [0.25, 0.3) is 16.6 Å². The normalized spacial score (nSPS) is 15.3. The number of rotatable bonds is 7. The zero-order chi connectivity index (χ0) is 24.6. The molecule has 1 amide bonds. The van der Waals surface area contributed by atoms with Crippen LogP contribution >= 0.6 is 0 Å². The van der Waals surface area contributed by atoms with E-state index in [4.69, 9.17) is 0 Å². The van der Waals surface area contributed by atoms with E-state index in [2.05, 4.69) is 20.6 Å². The molecule has 7 nitrogen and oxygen atoms in total. The molecule has 1 fully saturated rings. The fourth-order valence-electron chi connectivity index (χ4n) is 4.26. The third-order valence-electron chi connectivity index (χ3n) is 6.09. The number of hydrogen-bond acceptors (Lipinski definition) is 5. The van der Waals surface area contributed by atoms with E-state index in [-0.39, 0.29) is 43.1 Å². The van der Waals surface area contributed by atoms with Crippen LogP contribution in [-0.4, -0.2) is 32.7 Å². The van der Waals surface area contributed by atoms with Crippen molar-refractivity contribution in [2.75, 3.05) is 6.54 Å². The molecule has 5 rings (SSSR count). The van der Waals surface area contributed by atoms with Gasteiger partial charge in [-0.2, -0.15) is 4.39 Å². The third-order valence-corrected chi connectivity index (χ3v) is 6.09. The molecule has 35 heavy (non-hydrogen) atoms. The first-order chi connectivity index (χ1) is 16.8. The van der Waals surface area contributed by atoms with Gasteiger partial charge >= 0.3 is 0 Å². The number of carbonyl (C=O) groups is 1. The van der Waals surface area contributed by atoms with E-state index < -0.39 is 17.8 Å². The third kappa shape index (κ3) is 5.02. The van der Waals surface area contributed by atoms with E-state index in [9.17, 15) is 22.8 Å². The number of aromatic nitrogens is 3. The number of nitrogens with zero attached hydrogens (tertiary/aromatic N) is 3. The molecule has 10 heteroatoms. The van der Waals surface area contributed by atoms with Crippen molar-refractivity contribution in [3.8, 4) is 0 Å². The van der Waals surface area contributed by atoms with Gasteiger partial charge in [0.2, 0.25) is 11.9 Å². The Labute approximate surface area is 198 Å². The van der Waals surface area contributed by atoms with Crippen LogP contribution in [0.4, 0.5) is 13.2 Å². The van der Waals surface area contributed by atoms with Crippen molar-refractivity contribution in [1.82, 2.24) is 25.0 Å². The lowest BCUT2D eigenvalue weighted by atomic mass is 9.81. The predicted molar refractivity (Wildman–Crippen MR) is 124 cm³/mol. The number of benzene rings is 1. The second-order valence-corrected chi connectivity index (χ2v) is 8.82. The largest absolute Gasteiger partial charge is 0.347 e. The summed E-state index contributed by atoms with van der Waals surface area (Å²) < 4.78 is 41.7. The maximum Gasteiger partial charge on any atom is 0.270 e. The maximum atomic E-state index is 14.4. The van der Waals surface area contributed by atoms with Crippen LogP contribution in [-0.2, 0) is 13.1 Å². The zero-order valence-electron chi connectivity index (χ0n) is 18.6. The number of alkyl halides is 2. The van der Waals surface area contributed by atoms with Gasteiger partial charge in [-0.3, -0.25) is 14.0 Å². The van der Waals surface area contributed by atoms with Crippen LogP contribution in [0.1, 0.15) is 34.5 Å². The molecule has 0 saturated heterocycles. The molecule has 1 saturated carbocycles. The van der Waals surface area contributed by atoms with Crippen molar-refractivity contribution in [3.63, 3.8) is 0 Å².